The van der Waals surface area contributed by atoms with E-state index in [1.807, 2.05) is 25.1 Å². The highest BCUT2D eigenvalue weighted by atomic mass is 16.2. The summed E-state index contributed by atoms with van der Waals surface area (Å²) in [5.74, 6) is 0.0735. The fourth-order valence-corrected chi connectivity index (χ4v) is 3.16. The highest BCUT2D eigenvalue weighted by Crippen LogP contribution is 2.17. The van der Waals surface area contributed by atoms with Crippen molar-refractivity contribution in [1.82, 2.24) is 10.2 Å². The quantitative estimate of drug-likeness (QED) is 0.876. The van der Waals surface area contributed by atoms with E-state index in [9.17, 15) is 9.59 Å². The average Bonchev–Trinajstić information content (AvgIpc) is 2.52. The number of amides is 2. The van der Waals surface area contributed by atoms with Gasteiger partial charge in [0, 0.05) is 32.5 Å². The Morgan fingerprint density at radius 2 is 1.96 bits per heavy atom. The van der Waals surface area contributed by atoms with Crippen molar-refractivity contribution in [1.29, 1.82) is 0 Å². The van der Waals surface area contributed by atoms with Gasteiger partial charge in [-0.3, -0.25) is 9.59 Å². The second-order valence-corrected chi connectivity index (χ2v) is 6.58. The van der Waals surface area contributed by atoms with Crippen molar-refractivity contribution in [2.45, 2.75) is 65.0 Å². The van der Waals surface area contributed by atoms with Crippen molar-refractivity contribution >= 4 is 11.8 Å². The van der Waals surface area contributed by atoms with Crippen molar-refractivity contribution in [3.8, 4) is 0 Å². The van der Waals surface area contributed by atoms with Crippen LogP contribution >= 0.6 is 0 Å². The van der Waals surface area contributed by atoms with Gasteiger partial charge < -0.3 is 10.2 Å². The molecule has 2 amide bonds. The molecule has 4 nitrogen and oxygen atoms in total. The third kappa shape index (κ3) is 6.05. The highest BCUT2D eigenvalue weighted by Gasteiger charge is 2.17. The van der Waals surface area contributed by atoms with Crippen LogP contribution in [0.3, 0.4) is 0 Å². The number of nitrogens with zero attached hydrogens (tertiary/aromatic N) is 1. The lowest BCUT2D eigenvalue weighted by Gasteiger charge is -2.24. The Morgan fingerprint density at radius 3 is 2.61 bits per heavy atom. The number of carbonyl (C=O) groups is 2. The summed E-state index contributed by atoms with van der Waals surface area (Å²) in [6, 6.07) is 8.47. The van der Waals surface area contributed by atoms with Gasteiger partial charge in [-0.05, 0) is 25.3 Å². The van der Waals surface area contributed by atoms with Crippen LogP contribution in [-0.4, -0.2) is 29.3 Å². The molecule has 0 bridgehead atoms. The first-order valence-electron chi connectivity index (χ1n) is 8.65. The molecule has 1 aliphatic carbocycles. The number of rotatable bonds is 6. The molecule has 4 heteroatoms. The van der Waals surface area contributed by atoms with Crippen LogP contribution in [0, 0.1) is 6.92 Å². The Kier molecular flexibility index (Phi) is 6.63. The summed E-state index contributed by atoms with van der Waals surface area (Å²) in [5.41, 5.74) is 2.29. The Morgan fingerprint density at radius 1 is 1.22 bits per heavy atom. The van der Waals surface area contributed by atoms with Gasteiger partial charge in [0.25, 0.3) is 0 Å². The summed E-state index contributed by atoms with van der Waals surface area (Å²) in [6.45, 7) is 4.64. The van der Waals surface area contributed by atoms with Crippen LogP contribution in [0.2, 0.25) is 0 Å². The first-order valence-corrected chi connectivity index (χ1v) is 8.65. The normalized spacial score (nSPS) is 15.2. The van der Waals surface area contributed by atoms with Gasteiger partial charge in [0.1, 0.15) is 0 Å². The molecule has 1 fully saturated rings. The van der Waals surface area contributed by atoms with Gasteiger partial charge >= 0.3 is 0 Å². The number of aryl methyl sites for hydroxylation is 1. The maximum Gasteiger partial charge on any atom is 0.221 e. The minimum Gasteiger partial charge on any atom is -0.353 e. The molecule has 0 aromatic heterocycles. The van der Waals surface area contributed by atoms with Crippen molar-refractivity contribution in [2.75, 3.05) is 6.54 Å². The fraction of sp³-hybridized carbons (Fsp3) is 0.579. The maximum atomic E-state index is 12.1. The molecule has 1 N–H and O–H groups in total. The Balaban J connectivity index is 1.82. The zero-order valence-corrected chi connectivity index (χ0v) is 14.3. The standard InChI is InChI=1S/C19H28N2O2/c1-15-7-6-8-17(13-15)14-21(16(2)22)12-11-19(23)20-18-9-4-3-5-10-18/h6-8,13,18H,3-5,9-12,14H2,1-2H3,(H,20,23). The number of nitrogens with one attached hydrogen (secondary N) is 1. The largest absolute Gasteiger partial charge is 0.353 e. The van der Waals surface area contributed by atoms with E-state index in [4.69, 9.17) is 0 Å². The third-order valence-electron chi connectivity index (χ3n) is 4.48. The molecule has 1 aromatic carbocycles. The minimum atomic E-state index is 0.0111. The molecule has 0 radical (unpaired) electrons. The lowest BCUT2D eigenvalue weighted by Crippen LogP contribution is -2.39. The fourth-order valence-electron chi connectivity index (χ4n) is 3.16. The maximum absolute atomic E-state index is 12.1. The molecule has 23 heavy (non-hydrogen) atoms. The van der Waals surface area contributed by atoms with Crippen LogP contribution in [0.5, 0.6) is 0 Å². The molecule has 126 valence electrons. The molecule has 1 aromatic rings. The van der Waals surface area contributed by atoms with E-state index in [1.54, 1.807) is 11.8 Å². The van der Waals surface area contributed by atoms with Gasteiger partial charge in [-0.25, -0.2) is 0 Å². The van der Waals surface area contributed by atoms with Gasteiger partial charge in [0.05, 0.1) is 0 Å². The number of hydrogen-bond donors (Lipinski definition) is 1. The first-order chi connectivity index (χ1) is 11.0. The molecule has 0 aliphatic heterocycles. The van der Waals surface area contributed by atoms with Crippen LogP contribution in [0.25, 0.3) is 0 Å². The smallest absolute Gasteiger partial charge is 0.221 e. The zero-order valence-electron chi connectivity index (χ0n) is 14.3. The Labute approximate surface area is 139 Å². The topological polar surface area (TPSA) is 49.4 Å². The SMILES string of the molecule is CC(=O)N(CCC(=O)NC1CCCCC1)Cc1cccc(C)c1. The van der Waals surface area contributed by atoms with Crippen molar-refractivity contribution in [2.24, 2.45) is 0 Å². The molecular weight excluding hydrogens is 288 g/mol. The zero-order chi connectivity index (χ0) is 16.7. The molecule has 0 saturated heterocycles. The molecule has 0 unspecified atom stereocenters. The van der Waals surface area contributed by atoms with Gasteiger partial charge in [-0.15, -0.1) is 0 Å². The van der Waals surface area contributed by atoms with E-state index < -0.39 is 0 Å². The van der Waals surface area contributed by atoms with E-state index >= 15 is 0 Å². The molecule has 0 heterocycles. The molecular formula is C19H28N2O2. The van der Waals surface area contributed by atoms with Crippen LogP contribution in [0.15, 0.2) is 24.3 Å². The van der Waals surface area contributed by atoms with E-state index in [0.29, 0.717) is 25.6 Å². The van der Waals surface area contributed by atoms with Crippen LogP contribution < -0.4 is 5.32 Å². The summed E-state index contributed by atoms with van der Waals surface area (Å²) in [4.78, 5) is 25.7. The molecule has 1 aliphatic rings. The van der Waals surface area contributed by atoms with Crippen LogP contribution in [0.4, 0.5) is 0 Å². The van der Waals surface area contributed by atoms with Gasteiger partial charge in [0.15, 0.2) is 0 Å². The molecule has 0 spiro atoms. The Bertz CT molecular complexity index is 536. The van der Waals surface area contributed by atoms with Crippen LogP contribution in [-0.2, 0) is 16.1 Å². The van der Waals surface area contributed by atoms with E-state index in [1.165, 1.54) is 24.8 Å². The number of hydrogen-bond acceptors (Lipinski definition) is 2. The summed E-state index contributed by atoms with van der Waals surface area (Å²) < 4.78 is 0. The molecule has 0 atom stereocenters. The van der Waals surface area contributed by atoms with Crippen molar-refractivity contribution in [3.63, 3.8) is 0 Å². The lowest BCUT2D eigenvalue weighted by atomic mass is 9.95. The average molecular weight is 316 g/mol. The third-order valence-corrected chi connectivity index (χ3v) is 4.48. The highest BCUT2D eigenvalue weighted by molar-refractivity contribution is 5.78. The number of carbonyl (C=O) groups excluding carboxylic acids is 2. The number of benzene rings is 1. The predicted molar refractivity (Wildman–Crippen MR) is 91.9 cm³/mol. The summed E-state index contributed by atoms with van der Waals surface area (Å²) in [6.07, 6.45) is 6.25. The minimum absolute atomic E-state index is 0.0111. The van der Waals surface area contributed by atoms with Gasteiger partial charge in [0.2, 0.25) is 11.8 Å². The van der Waals surface area contributed by atoms with Crippen molar-refractivity contribution in [3.05, 3.63) is 35.4 Å². The summed E-state index contributed by atoms with van der Waals surface area (Å²) >= 11 is 0. The summed E-state index contributed by atoms with van der Waals surface area (Å²) in [7, 11) is 0. The van der Waals surface area contributed by atoms with Crippen LogP contribution in [0.1, 0.15) is 56.6 Å². The molecule has 2 rings (SSSR count). The van der Waals surface area contributed by atoms with Gasteiger partial charge in [-0.2, -0.15) is 0 Å². The lowest BCUT2D eigenvalue weighted by molar-refractivity contribution is -0.130. The Hall–Kier alpha value is -1.84. The van der Waals surface area contributed by atoms with E-state index in [2.05, 4.69) is 11.4 Å². The summed E-state index contributed by atoms with van der Waals surface area (Å²) in [5, 5.41) is 3.11. The second kappa shape index (κ2) is 8.70. The van der Waals surface area contributed by atoms with E-state index in [0.717, 1.165) is 18.4 Å². The van der Waals surface area contributed by atoms with E-state index in [-0.39, 0.29) is 11.8 Å². The monoisotopic (exact) mass is 316 g/mol. The van der Waals surface area contributed by atoms with Crippen molar-refractivity contribution < 1.29 is 9.59 Å². The second-order valence-electron chi connectivity index (χ2n) is 6.58. The first kappa shape index (κ1) is 17.5. The van der Waals surface area contributed by atoms with Gasteiger partial charge in [-0.1, -0.05) is 49.1 Å². The predicted octanol–water partition coefficient (Wildman–Crippen LogP) is 3.18. The molecule has 1 saturated carbocycles.